The molecule has 0 aromatic rings. The average Bonchev–Trinajstić information content (AvgIpc) is 2.75. The number of aliphatic carboxylic acids is 2. The van der Waals surface area contributed by atoms with Gasteiger partial charge in [-0.1, -0.05) is 0 Å². The number of carbonyl (C=O) groups excluding carboxylic acids is 4. The summed E-state index contributed by atoms with van der Waals surface area (Å²) >= 11 is 2.78. The van der Waals surface area contributed by atoms with Crippen LogP contribution in [0.5, 0.6) is 0 Å². The van der Waals surface area contributed by atoms with E-state index < -0.39 is 72.6 Å². The van der Waals surface area contributed by atoms with Crippen molar-refractivity contribution in [1.29, 1.82) is 0 Å². The molecule has 13 nitrogen and oxygen atoms in total. The molecule has 0 rings (SSSR count). The number of nitrogens with one attached hydrogen (secondary N) is 3. The predicted molar refractivity (Wildman–Crippen MR) is 128 cm³/mol. The topological polar surface area (TPSA) is 231 Å². The van der Waals surface area contributed by atoms with Gasteiger partial charge in [0.1, 0.15) is 18.1 Å². The molecule has 0 aromatic heterocycles. The van der Waals surface area contributed by atoms with Gasteiger partial charge in [-0.25, -0.2) is 4.79 Å². The highest BCUT2D eigenvalue weighted by Gasteiger charge is 2.30. The van der Waals surface area contributed by atoms with E-state index in [1.54, 1.807) is 12.5 Å². The molecule has 0 aliphatic heterocycles. The lowest BCUT2D eigenvalue weighted by Gasteiger charge is -2.25. The van der Waals surface area contributed by atoms with Gasteiger partial charge in [0.15, 0.2) is 0 Å². The van der Waals surface area contributed by atoms with E-state index in [1.165, 1.54) is 23.5 Å². The Bertz CT molecular complexity index is 739. The van der Waals surface area contributed by atoms with E-state index in [9.17, 15) is 33.9 Å². The zero-order valence-electron chi connectivity index (χ0n) is 19.1. The quantitative estimate of drug-likeness (QED) is 0.105. The Morgan fingerprint density at radius 3 is 1.65 bits per heavy atom. The second-order valence-electron chi connectivity index (χ2n) is 7.29. The van der Waals surface area contributed by atoms with E-state index in [4.69, 9.17) is 16.6 Å². The summed E-state index contributed by atoms with van der Waals surface area (Å²) < 4.78 is 0. The Morgan fingerprint density at radius 2 is 1.21 bits per heavy atom. The van der Waals surface area contributed by atoms with Crippen LogP contribution in [0.2, 0.25) is 0 Å². The fourth-order valence-corrected chi connectivity index (χ4v) is 3.61. The number of rotatable bonds is 18. The van der Waals surface area contributed by atoms with Crippen molar-refractivity contribution in [3.05, 3.63) is 0 Å². The molecule has 15 heteroatoms. The Hall–Kier alpha value is -2.52. The molecule has 4 amide bonds. The summed E-state index contributed by atoms with van der Waals surface area (Å²) in [5.74, 6) is -4.81. The number of amides is 4. The van der Waals surface area contributed by atoms with Gasteiger partial charge in [-0.15, -0.1) is 0 Å². The van der Waals surface area contributed by atoms with Crippen LogP contribution in [0.25, 0.3) is 0 Å². The van der Waals surface area contributed by atoms with Gasteiger partial charge < -0.3 is 37.6 Å². The van der Waals surface area contributed by atoms with Gasteiger partial charge in [-0.05, 0) is 43.3 Å². The molecule has 0 aromatic carbocycles. The highest BCUT2D eigenvalue weighted by Crippen LogP contribution is 2.07. The molecule has 0 saturated carbocycles. The second-order valence-corrected chi connectivity index (χ2v) is 9.27. The Labute approximate surface area is 205 Å². The van der Waals surface area contributed by atoms with Crippen LogP contribution in [0, 0.1) is 0 Å². The molecule has 194 valence electrons. The molecular weight excluding hydrogens is 490 g/mol. The summed E-state index contributed by atoms with van der Waals surface area (Å²) in [5.41, 5.74) is 10.6. The lowest BCUT2D eigenvalue weighted by molar-refractivity contribution is -0.143. The highest BCUT2D eigenvalue weighted by atomic mass is 32.2. The first kappa shape index (κ1) is 31.5. The standard InChI is InChI=1S/C19H33N5O8S2/c1-33-7-5-12(22-16(28)10(20)9-14(21)25)18(30)23-11(3-4-15(26)27)17(29)24-13(19(31)32)6-8-34-2/h10-13H,3-9,20H2,1-2H3,(H2,21,25)(H,22,28)(H,23,30)(H,24,29)(H,26,27)(H,31,32). The minimum Gasteiger partial charge on any atom is -0.481 e. The highest BCUT2D eigenvalue weighted by molar-refractivity contribution is 7.98. The third kappa shape index (κ3) is 13.3. The van der Waals surface area contributed by atoms with E-state index in [-0.39, 0.29) is 19.3 Å². The molecule has 0 heterocycles. The monoisotopic (exact) mass is 523 g/mol. The van der Waals surface area contributed by atoms with Gasteiger partial charge in [0.25, 0.3) is 0 Å². The number of hydrogen-bond donors (Lipinski definition) is 7. The van der Waals surface area contributed by atoms with Gasteiger partial charge >= 0.3 is 11.9 Å². The van der Waals surface area contributed by atoms with E-state index in [1.807, 2.05) is 0 Å². The Morgan fingerprint density at radius 1 is 0.765 bits per heavy atom. The van der Waals surface area contributed by atoms with Gasteiger partial charge in [-0.2, -0.15) is 23.5 Å². The van der Waals surface area contributed by atoms with Gasteiger partial charge in [0.05, 0.1) is 12.5 Å². The summed E-state index contributed by atoms with van der Waals surface area (Å²) in [6.45, 7) is 0. The minimum atomic E-state index is -1.35. The molecule has 34 heavy (non-hydrogen) atoms. The van der Waals surface area contributed by atoms with Crippen LogP contribution in [0.3, 0.4) is 0 Å². The summed E-state index contributed by atoms with van der Waals surface area (Å²) in [6, 6.07) is -4.98. The largest absolute Gasteiger partial charge is 0.481 e. The van der Waals surface area contributed by atoms with Gasteiger partial charge in [0.2, 0.25) is 23.6 Å². The van der Waals surface area contributed by atoms with Crippen LogP contribution >= 0.6 is 23.5 Å². The molecule has 0 spiro atoms. The van der Waals surface area contributed by atoms with E-state index >= 15 is 0 Å². The number of hydrogen-bond acceptors (Lipinski definition) is 9. The molecule has 0 saturated heterocycles. The third-order valence-electron chi connectivity index (χ3n) is 4.51. The van der Waals surface area contributed by atoms with Crippen LogP contribution in [0.1, 0.15) is 32.1 Å². The van der Waals surface area contributed by atoms with Crippen molar-refractivity contribution in [2.45, 2.75) is 56.3 Å². The molecule has 0 aliphatic carbocycles. The van der Waals surface area contributed by atoms with Crippen LogP contribution in [-0.4, -0.2) is 94.0 Å². The fourth-order valence-electron chi connectivity index (χ4n) is 2.67. The number of carboxylic acid groups (broad SMARTS) is 2. The maximum absolute atomic E-state index is 12.9. The molecule has 4 atom stereocenters. The number of thioether (sulfide) groups is 2. The Kier molecular flexibility index (Phi) is 15.7. The van der Waals surface area contributed by atoms with Gasteiger partial charge in [0, 0.05) is 6.42 Å². The van der Waals surface area contributed by atoms with Crippen molar-refractivity contribution in [3.63, 3.8) is 0 Å². The minimum absolute atomic E-state index is 0.131. The predicted octanol–water partition coefficient (Wildman–Crippen LogP) is -1.90. The van der Waals surface area contributed by atoms with Crippen molar-refractivity contribution < 1.29 is 39.0 Å². The molecule has 0 aliphatic rings. The molecule has 4 unspecified atom stereocenters. The third-order valence-corrected chi connectivity index (χ3v) is 5.79. The van der Waals surface area contributed by atoms with E-state index in [0.29, 0.717) is 11.5 Å². The van der Waals surface area contributed by atoms with E-state index in [2.05, 4.69) is 16.0 Å². The number of primary amides is 1. The lowest BCUT2D eigenvalue weighted by atomic mass is 10.1. The van der Waals surface area contributed by atoms with Crippen LogP contribution < -0.4 is 27.4 Å². The maximum Gasteiger partial charge on any atom is 0.326 e. The molecule has 0 radical (unpaired) electrons. The van der Waals surface area contributed by atoms with Gasteiger partial charge in [-0.3, -0.25) is 24.0 Å². The number of carbonyl (C=O) groups is 6. The van der Waals surface area contributed by atoms with Crippen molar-refractivity contribution >= 4 is 59.1 Å². The number of nitrogens with two attached hydrogens (primary N) is 2. The average molecular weight is 524 g/mol. The SMILES string of the molecule is CSCCC(NC(=O)C(CCC(=O)O)NC(=O)C(CCSC)NC(=O)C(N)CC(N)=O)C(=O)O. The first-order valence-electron chi connectivity index (χ1n) is 10.3. The summed E-state index contributed by atoms with van der Waals surface area (Å²) in [5, 5.41) is 25.4. The molecule has 9 N–H and O–H groups in total. The lowest BCUT2D eigenvalue weighted by Crippen LogP contribution is -2.57. The van der Waals surface area contributed by atoms with E-state index in [0.717, 1.165) is 0 Å². The van der Waals surface area contributed by atoms with Crippen molar-refractivity contribution in [2.24, 2.45) is 11.5 Å². The normalized spacial score (nSPS) is 14.2. The fraction of sp³-hybridized carbons (Fsp3) is 0.684. The van der Waals surface area contributed by atoms with Crippen LogP contribution in [0.15, 0.2) is 0 Å². The van der Waals surface area contributed by atoms with Crippen LogP contribution in [0.4, 0.5) is 0 Å². The first-order chi connectivity index (χ1) is 15.9. The summed E-state index contributed by atoms with van der Waals surface area (Å²) in [6.07, 6.45) is 2.64. The first-order valence-corrected chi connectivity index (χ1v) is 13.1. The Balaban J connectivity index is 5.50. The smallest absolute Gasteiger partial charge is 0.326 e. The van der Waals surface area contributed by atoms with Crippen molar-refractivity contribution in [2.75, 3.05) is 24.0 Å². The zero-order valence-corrected chi connectivity index (χ0v) is 20.7. The molecular formula is C19H33N5O8S2. The maximum atomic E-state index is 12.9. The number of carboxylic acids is 2. The van der Waals surface area contributed by atoms with Crippen LogP contribution in [-0.2, 0) is 28.8 Å². The van der Waals surface area contributed by atoms with Crippen molar-refractivity contribution in [1.82, 2.24) is 16.0 Å². The zero-order chi connectivity index (χ0) is 26.3. The molecule has 0 bridgehead atoms. The summed E-state index contributed by atoms with van der Waals surface area (Å²) in [4.78, 5) is 71.3. The molecule has 0 fully saturated rings. The van der Waals surface area contributed by atoms with Crippen molar-refractivity contribution in [3.8, 4) is 0 Å². The second kappa shape index (κ2) is 17.0. The summed E-state index contributed by atoms with van der Waals surface area (Å²) in [7, 11) is 0.